The van der Waals surface area contributed by atoms with E-state index in [1.807, 2.05) is 44.2 Å². The zero-order valence-electron chi connectivity index (χ0n) is 21.0. The van der Waals surface area contributed by atoms with E-state index in [1.165, 1.54) is 25.2 Å². The summed E-state index contributed by atoms with van der Waals surface area (Å²) in [7, 11) is 1.56. The molecule has 0 spiro atoms. The normalized spacial score (nSPS) is 13.3. The Morgan fingerprint density at radius 3 is 2.36 bits per heavy atom. The minimum Gasteiger partial charge on any atom is -0.493 e. The summed E-state index contributed by atoms with van der Waals surface area (Å²) in [4.78, 5) is 33.3. The third kappa shape index (κ3) is 6.38. The van der Waals surface area contributed by atoms with E-state index in [1.54, 1.807) is 13.2 Å². The van der Waals surface area contributed by atoms with Crippen LogP contribution in [0.3, 0.4) is 0 Å². The van der Waals surface area contributed by atoms with E-state index in [0.29, 0.717) is 35.9 Å². The van der Waals surface area contributed by atoms with E-state index >= 15 is 0 Å². The second-order valence-electron chi connectivity index (χ2n) is 9.11. The Morgan fingerprint density at radius 1 is 1.00 bits per heavy atom. The molecule has 4 rings (SSSR count). The van der Waals surface area contributed by atoms with Gasteiger partial charge in [-0.15, -0.1) is 0 Å². The van der Waals surface area contributed by atoms with Crippen LogP contribution in [0.15, 0.2) is 48.8 Å². The first-order chi connectivity index (χ1) is 17.4. The van der Waals surface area contributed by atoms with Gasteiger partial charge in [-0.25, -0.2) is 9.97 Å². The maximum Gasteiger partial charge on any atom is 0.322 e. The molecule has 36 heavy (non-hydrogen) atoms. The summed E-state index contributed by atoms with van der Waals surface area (Å²) >= 11 is 0. The van der Waals surface area contributed by atoms with Crippen LogP contribution in [-0.4, -0.2) is 34.9 Å². The SMILES string of the molecule is COc1cc(CCC(=O)NC2CCCC2)ccc1Oc1ncc(C(=O)Nc2c(C)cccc2C)cn1. The Balaban J connectivity index is 1.35. The number of rotatable bonds is 9. The van der Waals surface area contributed by atoms with Gasteiger partial charge in [-0.05, 0) is 61.9 Å². The highest BCUT2D eigenvalue weighted by Crippen LogP contribution is 2.31. The summed E-state index contributed by atoms with van der Waals surface area (Å²) in [6.07, 6.45) is 8.42. The molecule has 188 valence electrons. The molecule has 1 heterocycles. The molecule has 0 saturated heterocycles. The summed E-state index contributed by atoms with van der Waals surface area (Å²) < 4.78 is 11.3. The number of methoxy groups -OCH3 is 1. The van der Waals surface area contributed by atoms with Crippen molar-refractivity contribution in [1.82, 2.24) is 15.3 Å². The number of aromatic nitrogens is 2. The molecule has 2 amide bonds. The van der Waals surface area contributed by atoms with E-state index in [4.69, 9.17) is 9.47 Å². The Labute approximate surface area is 211 Å². The van der Waals surface area contributed by atoms with Crippen LogP contribution >= 0.6 is 0 Å². The summed E-state index contributed by atoms with van der Waals surface area (Å²) in [6, 6.07) is 11.8. The van der Waals surface area contributed by atoms with Gasteiger partial charge >= 0.3 is 6.01 Å². The van der Waals surface area contributed by atoms with Crippen molar-refractivity contribution in [2.45, 2.75) is 58.4 Å². The monoisotopic (exact) mass is 488 g/mol. The Hall–Kier alpha value is -3.94. The number of amides is 2. The third-order valence-electron chi connectivity index (χ3n) is 6.40. The second-order valence-corrected chi connectivity index (χ2v) is 9.11. The van der Waals surface area contributed by atoms with Gasteiger partial charge in [-0.1, -0.05) is 37.1 Å². The third-order valence-corrected chi connectivity index (χ3v) is 6.40. The molecule has 8 heteroatoms. The van der Waals surface area contributed by atoms with E-state index in [0.717, 1.165) is 35.2 Å². The number of para-hydroxylation sites is 1. The number of aryl methyl sites for hydroxylation is 3. The molecule has 0 atom stereocenters. The van der Waals surface area contributed by atoms with Crippen molar-refractivity contribution in [3.63, 3.8) is 0 Å². The molecule has 1 aliphatic rings. The molecule has 0 aliphatic heterocycles. The smallest absolute Gasteiger partial charge is 0.322 e. The van der Waals surface area contributed by atoms with E-state index in [-0.39, 0.29) is 17.8 Å². The van der Waals surface area contributed by atoms with Gasteiger partial charge in [-0.2, -0.15) is 0 Å². The first kappa shape index (κ1) is 25.2. The summed E-state index contributed by atoms with van der Waals surface area (Å²) in [5.41, 5.74) is 4.04. The van der Waals surface area contributed by atoms with Crippen LogP contribution in [0.25, 0.3) is 0 Å². The maximum atomic E-state index is 12.7. The lowest BCUT2D eigenvalue weighted by Gasteiger charge is -2.13. The highest BCUT2D eigenvalue weighted by molar-refractivity contribution is 6.04. The second kappa shape index (κ2) is 11.7. The van der Waals surface area contributed by atoms with Gasteiger partial charge in [0.15, 0.2) is 11.5 Å². The molecule has 1 fully saturated rings. The Bertz CT molecular complexity index is 1200. The summed E-state index contributed by atoms with van der Waals surface area (Å²) in [5, 5.41) is 6.03. The fourth-order valence-corrected chi connectivity index (χ4v) is 4.36. The molecule has 2 N–H and O–H groups in total. The van der Waals surface area contributed by atoms with Crippen molar-refractivity contribution in [3.8, 4) is 17.5 Å². The number of nitrogens with one attached hydrogen (secondary N) is 2. The Kier molecular flexibility index (Phi) is 8.15. The van der Waals surface area contributed by atoms with Crippen LogP contribution < -0.4 is 20.1 Å². The number of carbonyl (C=O) groups excluding carboxylic acids is 2. The minimum absolute atomic E-state index is 0.0799. The number of benzene rings is 2. The fraction of sp³-hybridized carbons (Fsp3) is 0.357. The van der Waals surface area contributed by atoms with Crippen molar-refractivity contribution < 1.29 is 19.1 Å². The van der Waals surface area contributed by atoms with E-state index in [2.05, 4.69) is 20.6 Å². The lowest BCUT2D eigenvalue weighted by atomic mass is 10.1. The molecular formula is C28H32N4O4. The van der Waals surface area contributed by atoms with Gasteiger partial charge < -0.3 is 20.1 Å². The van der Waals surface area contributed by atoms with Gasteiger partial charge in [0.05, 0.1) is 12.7 Å². The highest BCUT2D eigenvalue weighted by atomic mass is 16.5. The fourth-order valence-electron chi connectivity index (χ4n) is 4.36. The molecular weight excluding hydrogens is 456 g/mol. The lowest BCUT2D eigenvalue weighted by molar-refractivity contribution is -0.121. The number of ether oxygens (including phenoxy) is 2. The lowest BCUT2D eigenvalue weighted by Crippen LogP contribution is -2.32. The number of hydrogen-bond acceptors (Lipinski definition) is 6. The van der Waals surface area contributed by atoms with Crippen molar-refractivity contribution in [2.75, 3.05) is 12.4 Å². The van der Waals surface area contributed by atoms with Gasteiger partial charge in [-0.3, -0.25) is 9.59 Å². The average Bonchev–Trinajstić information content (AvgIpc) is 3.39. The van der Waals surface area contributed by atoms with Crippen molar-refractivity contribution >= 4 is 17.5 Å². The van der Waals surface area contributed by atoms with Crippen LogP contribution in [-0.2, 0) is 11.2 Å². The number of nitrogens with zero attached hydrogens (tertiary/aromatic N) is 2. The van der Waals surface area contributed by atoms with Crippen LogP contribution in [0.2, 0.25) is 0 Å². The molecule has 3 aromatic rings. The molecule has 0 bridgehead atoms. The quantitative estimate of drug-likeness (QED) is 0.432. The van der Waals surface area contributed by atoms with E-state index in [9.17, 15) is 9.59 Å². The average molecular weight is 489 g/mol. The number of hydrogen-bond donors (Lipinski definition) is 2. The van der Waals surface area contributed by atoms with Crippen molar-refractivity contribution in [3.05, 3.63) is 71.0 Å². The van der Waals surface area contributed by atoms with Gasteiger partial charge in [0.1, 0.15) is 0 Å². The molecule has 0 radical (unpaired) electrons. The number of carbonyl (C=O) groups is 2. The van der Waals surface area contributed by atoms with Gasteiger partial charge in [0.2, 0.25) is 5.91 Å². The van der Waals surface area contributed by atoms with Gasteiger partial charge in [0, 0.05) is 30.5 Å². The summed E-state index contributed by atoms with van der Waals surface area (Å²) in [5.74, 6) is 0.752. The first-order valence-corrected chi connectivity index (χ1v) is 12.3. The predicted molar refractivity (Wildman–Crippen MR) is 138 cm³/mol. The summed E-state index contributed by atoms with van der Waals surface area (Å²) in [6.45, 7) is 3.89. The zero-order valence-corrected chi connectivity index (χ0v) is 21.0. The zero-order chi connectivity index (χ0) is 25.5. The molecule has 1 aromatic heterocycles. The molecule has 2 aromatic carbocycles. The predicted octanol–water partition coefficient (Wildman–Crippen LogP) is 5.14. The van der Waals surface area contributed by atoms with Crippen LogP contribution in [0, 0.1) is 13.8 Å². The largest absolute Gasteiger partial charge is 0.493 e. The standard InChI is InChI=1S/C28H32N4O4/c1-18-7-6-8-19(2)26(18)32-27(34)21-16-29-28(30-17-21)36-23-13-11-20(15-24(23)35-3)12-14-25(33)31-22-9-4-5-10-22/h6-8,11,13,15-17,22H,4-5,9-10,12,14H2,1-3H3,(H,31,33)(H,32,34). The maximum absolute atomic E-state index is 12.7. The van der Waals surface area contributed by atoms with E-state index < -0.39 is 0 Å². The van der Waals surface area contributed by atoms with Crippen LogP contribution in [0.4, 0.5) is 5.69 Å². The Morgan fingerprint density at radius 2 is 1.69 bits per heavy atom. The van der Waals surface area contributed by atoms with Gasteiger partial charge in [0.25, 0.3) is 5.91 Å². The minimum atomic E-state index is -0.294. The van der Waals surface area contributed by atoms with Crippen molar-refractivity contribution in [2.24, 2.45) is 0 Å². The number of anilines is 1. The van der Waals surface area contributed by atoms with Crippen LogP contribution in [0.5, 0.6) is 17.5 Å². The first-order valence-electron chi connectivity index (χ1n) is 12.3. The molecule has 8 nitrogen and oxygen atoms in total. The molecule has 1 aliphatic carbocycles. The molecule has 1 saturated carbocycles. The van der Waals surface area contributed by atoms with Crippen LogP contribution in [0.1, 0.15) is 59.2 Å². The topological polar surface area (TPSA) is 102 Å². The highest BCUT2D eigenvalue weighted by Gasteiger charge is 2.17. The molecule has 0 unspecified atom stereocenters. The van der Waals surface area contributed by atoms with Crippen molar-refractivity contribution in [1.29, 1.82) is 0 Å².